The van der Waals surface area contributed by atoms with Crippen molar-refractivity contribution in [2.45, 2.75) is 13.0 Å². The molecule has 2 aliphatic heterocycles. The molecule has 4 rings (SSSR count). The predicted octanol–water partition coefficient (Wildman–Crippen LogP) is 1.57. The largest absolute Gasteiger partial charge is 0.395 e. The van der Waals surface area contributed by atoms with Crippen LogP contribution in [0.2, 0.25) is 0 Å². The zero-order chi connectivity index (χ0) is 20.4. The van der Waals surface area contributed by atoms with Crippen molar-refractivity contribution in [2.24, 2.45) is 0 Å². The van der Waals surface area contributed by atoms with Crippen LogP contribution in [0.1, 0.15) is 28.3 Å². The van der Waals surface area contributed by atoms with Gasteiger partial charge in [0.15, 0.2) is 0 Å². The number of hydrogen-bond donors (Lipinski definition) is 1. The fourth-order valence-corrected chi connectivity index (χ4v) is 5.34. The number of β-amino-alcohol motifs (C(OH)–C–C–N with tert-alkyl or cyclic N) is 1. The first-order valence-electron chi connectivity index (χ1n) is 10.1. The summed E-state index contributed by atoms with van der Waals surface area (Å²) in [7, 11) is 0. The number of aliphatic hydroxyl groups is 1. The lowest BCUT2D eigenvalue weighted by Crippen LogP contribution is -2.49. The van der Waals surface area contributed by atoms with E-state index in [-0.39, 0.29) is 24.5 Å². The van der Waals surface area contributed by atoms with E-state index in [0.29, 0.717) is 39.3 Å². The average Bonchev–Trinajstić information content (AvgIpc) is 3.13. The summed E-state index contributed by atoms with van der Waals surface area (Å²) in [6.07, 6.45) is -0.293. The molecule has 1 unspecified atom stereocenters. The minimum Gasteiger partial charge on any atom is -0.395 e. The Morgan fingerprint density at radius 1 is 1.14 bits per heavy atom. The molecule has 1 atom stereocenters. The number of benzene rings is 1. The van der Waals surface area contributed by atoms with Crippen LogP contribution in [0, 0.1) is 0 Å². The highest BCUT2D eigenvalue weighted by molar-refractivity contribution is 7.21. The molecule has 8 heteroatoms. The Labute approximate surface area is 174 Å². The van der Waals surface area contributed by atoms with Gasteiger partial charge in [0.1, 0.15) is 6.10 Å². The zero-order valence-corrected chi connectivity index (χ0v) is 17.5. The van der Waals surface area contributed by atoms with E-state index >= 15 is 0 Å². The van der Waals surface area contributed by atoms with Crippen LogP contribution < -0.4 is 0 Å². The first kappa shape index (κ1) is 20.3. The van der Waals surface area contributed by atoms with Crippen LogP contribution in [0.3, 0.4) is 0 Å². The van der Waals surface area contributed by atoms with E-state index in [2.05, 4.69) is 4.90 Å². The van der Waals surface area contributed by atoms with Crippen molar-refractivity contribution in [3.05, 3.63) is 34.7 Å². The van der Waals surface area contributed by atoms with Gasteiger partial charge in [-0.2, -0.15) is 0 Å². The summed E-state index contributed by atoms with van der Waals surface area (Å²) in [5.41, 5.74) is 0.916. The molecule has 3 heterocycles. The lowest BCUT2D eigenvalue weighted by Gasteiger charge is -2.35. The Morgan fingerprint density at radius 3 is 2.62 bits per heavy atom. The van der Waals surface area contributed by atoms with E-state index < -0.39 is 0 Å². The number of amides is 2. The second-order valence-electron chi connectivity index (χ2n) is 7.52. The summed E-state index contributed by atoms with van der Waals surface area (Å²) in [6.45, 7) is 6.73. The first-order chi connectivity index (χ1) is 14.1. The second-order valence-corrected chi connectivity index (χ2v) is 8.58. The molecule has 29 heavy (non-hydrogen) atoms. The van der Waals surface area contributed by atoms with Crippen molar-refractivity contribution in [1.82, 2.24) is 14.7 Å². The number of aliphatic hydroxyl groups excluding tert-OH is 1. The average molecular weight is 418 g/mol. The van der Waals surface area contributed by atoms with Gasteiger partial charge in [-0.15, -0.1) is 11.3 Å². The molecule has 2 amide bonds. The molecule has 7 nitrogen and oxygen atoms in total. The van der Waals surface area contributed by atoms with Crippen molar-refractivity contribution >= 4 is 33.2 Å². The third-order valence-corrected chi connectivity index (χ3v) is 6.91. The van der Waals surface area contributed by atoms with Gasteiger partial charge in [-0.1, -0.05) is 18.2 Å². The Balaban J connectivity index is 1.63. The number of ether oxygens (including phenoxy) is 1. The van der Waals surface area contributed by atoms with Gasteiger partial charge < -0.3 is 19.6 Å². The fraction of sp³-hybridized carbons (Fsp3) is 0.524. The minimum absolute atomic E-state index is 0.0331. The third kappa shape index (κ3) is 4.16. The fourth-order valence-electron chi connectivity index (χ4n) is 4.11. The van der Waals surface area contributed by atoms with Gasteiger partial charge in [-0.05, 0) is 11.5 Å². The van der Waals surface area contributed by atoms with Gasteiger partial charge in [-0.25, -0.2) is 0 Å². The molecule has 2 aromatic rings. The summed E-state index contributed by atoms with van der Waals surface area (Å²) in [4.78, 5) is 31.9. The van der Waals surface area contributed by atoms with Crippen molar-refractivity contribution in [3.8, 4) is 0 Å². The number of rotatable bonds is 4. The lowest BCUT2D eigenvalue weighted by atomic mass is 10.0. The molecule has 0 spiro atoms. The van der Waals surface area contributed by atoms with Crippen LogP contribution in [0.4, 0.5) is 0 Å². The van der Waals surface area contributed by atoms with E-state index in [0.717, 1.165) is 33.6 Å². The molecule has 0 radical (unpaired) electrons. The van der Waals surface area contributed by atoms with Crippen LogP contribution in [-0.2, 0) is 9.53 Å². The summed E-state index contributed by atoms with van der Waals surface area (Å²) >= 11 is 1.51. The Kier molecular flexibility index (Phi) is 6.15. The Morgan fingerprint density at radius 2 is 1.90 bits per heavy atom. The number of hydrogen-bond acceptors (Lipinski definition) is 6. The lowest BCUT2D eigenvalue weighted by molar-refractivity contribution is -0.136. The summed E-state index contributed by atoms with van der Waals surface area (Å²) < 4.78 is 7.11. The maximum Gasteiger partial charge on any atom is 0.264 e. The highest BCUT2D eigenvalue weighted by Crippen LogP contribution is 2.39. The van der Waals surface area contributed by atoms with E-state index in [1.165, 1.54) is 11.3 Å². The van der Waals surface area contributed by atoms with Crippen LogP contribution in [-0.4, -0.2) is 90.6 Å². The standard InChI is InChI=1S/C21H27N3O4S/c1-15(26)24-11-13-28-17(14-24)19-16-4-2-3-5-18(16)29-20(19)21(27)23-8-6-22(7-9-23)10-12-25/h2-5,17,25H,6-14H2,1H3. The molecular weight excluding hydrogens is 390 g/mol. The number of carbonyl (C=O) groups is 2. The summed E-state index contributed by atoms with van der Waals surface area (Å²) in [5.74, 6) is 0.0686. The molecule has 1 aromatic heterocycles. The quantitative estimate of drug-likeness (QED) is 0.818. The minimum atomic E-state index is -0.293. The van der Waals surface area contributed by atoms with E-state index in [9.17, 15) is 9.59 Å². The number of nitrogens with zero attached hydrogens (tertiary/aromatic N) is 3. The zero-order valence-electron chi connectivity index (χ0n) is 16.7. The monoisotopic (exact) mass is 417 g/mol. The molecule has 1 aromatic carbocycles. The molecule has 2 saturated heterocycles. The number of piperazine rings is 1. The van der Waals surface area contributed by atoms with E-state index in [1.807, 2.05) is 29.2 Å². The Hall–Kier alpha value is -2.00. The topological polar surface area (TPSA) is 73.3 Å². The maximum atomic E-state index is 13.4. The van der Waals surface area contributed by atoms with Crippen molar-refractivity contribution in [1.29, 1.82) is 0 Å². The van der Waals surface area contributed by atoms with Gasteiger partial charge in [-0.3, -0.25) is 14.5 Å². The summed E-state index contributed by atoms with van der Waals surface area (Å²) in [6, 6.07) is 8.03. The number of thiophene rings is 1. The number of morpholine rings is 1. The normalized spacial score (nSPS) is 21.0. The predicted molar refractivity (Wildman–Crippen MR) is 112 cm³/mol. The first-order valence-corrected chi connectivity index (χ1v) is 10.9. The number of fused-ring (bicyclic) bond motifs is 1. The van der Waals surface area contributed by atoms with Crippen molar-refractivity contribution < 1.29 is 19.4 Å². The SMILES string of the molecule is CC(=O)N1CCOC(c2c(C(=O)N3CCN(CCO)CC3)sc3ccccc23)C1. The van der Waals surface area contributed by atoms with Crippen LogP contribution in [0.25, 0.3) is 10.1 Å². The molecule has 1 N–H and O–H groups in total. The maximum absolute atomic E-state index is 13.4. The van der Waals surface area contributed by atoms with Gasteiger partial charge in [0.2, 0.25) is 5.91 Å². The summed E-state index contributed by atoms with van der Waals surface area (Å²) in [5, 5.41) is 10.2. The smallest absolute Gasteiger partial charge is 0.264 e. The molecular formula is C21H27N3O4S. The van der Waals surface area contributed by atoms with E-state index in [4.69, 9.17) is 9.84 Å². The van der Waals surface area contributed by atoms with Crippen molar-refractivity contribution in [2.75, 3.05) is 59.0 Å². The third-order valence-electron chi connectivity index (χ3n) is 5.74. The van der Waals surface area contributed by atoms with E-state index in [1.54, 1.807) is 11.8 Å². The molecule has 2 aliphatic rings. The van der Waals surface area contributed by atoms with Crippen LogP contribution >= 0.6 is 11.3 Å². The second kappa shape index (κ2) is 8.79. The molecule has 2 fully saturated rings. The molecule has 156 valence electrons. The highest BCUT2D eigenvalue weighted by atomic mass is 32.1. The van der Waals surface area contributed by atoms with Gasteiger partial charge >= 0.3 is 0 Å². The van der Waals surface area contributed by atoms with Crippen LogP contribution in [0.15, 0.2) is 24.3 Å². The molecule has 0 bridgehead atoms. The Bertz CT molecular complexity index is 891. The van der Waals surface area contributed by atoms with Crippen molar-refractivity contribution in [3.63, 3.8) is 0 Å². The van der Waals surface area contributed by atoms with Gasteiger partial charge in [0.05, 0.1) is 24.6 Å². The van der Waals surface area contributed by atoms with Gasteiger partial charge in [0.25, 0.3) is 5.91 Å². The molecule has 0 aliphatic carbocycles. The number of carbonyl (C=O) groups excluding carboxylic acids is 2. The highest BCUT2D eigenvalue weighted by Gasteiger charge is 2.32. The van der Waals surface area contributed by atoms with Gasteiger partial charge in [0, 0.05) is 56.5 Å². The molecule has 0 saturated carbocycles. The van der Waals surface area contributed by atoms with Crippen LogP contribution in [0.5, 0.6) is 0 Å².